The van der Waals surface area contributed by atoms with Crippen molar-refractivity contribution in [2.75, 3.05) is 11.9 Å². The van der Waals surface area contributed by atoms with E-state index in [1.165, 1.54) is 11.3 Å². The molecule has 80 valence electrons. The van der Waals surface area contributed by atoms with Gasteiger partial charge in [0.15, 0.2) is 9.78 Å². The van der Waals surface area contributed by atoms with E-state index < -0.39 is 0 Å². The predicted molar refractivity (Wildman–Crippen MR) is 58.5 cm³/mol. The van der Waals surface area contributed by atoms with Crippen LogP contribution in [0.3, 0.4) is 0 Å². The Balaban J connectivity index is 1.82. The average Bonchev–Trinajstić information content (AvgIpc) is 2.76. The molecule has 0 saturated carbocycles. The van der Waals surface area contributed by atoms with Crippen LogP contribution in [0.1, 0.15) is 11.7 Å². The zero-order valence-electron chi connectivity index (χ0n) is 7.98. The highest BCUT2D eigenvalue weighted by Crippen LogP contribution is 2.10. The number of H-pyrrole nitrogens is 1. The molecule has 2 heterocycles. The summed E-state index contributed by atoms with van der Waals surface area (Å²) in [5.74, 6) is 1.28. The van der Waals surface area contributed by atoms with Crippen molar-refractivity contribution >= 4 is 28.7 Å². The van der Waals surface area contributed by atoms with Crippen LogP contribution in [0.4, 0.5) is 5.13 Å². The standard InChI is InChI=1S/C7H9N5OS2/c1-4-9-5(13-12-4)2-3-8-6-10-11-7(14)15-6/h2-3H2,1H3,(H,8,10)(H,11,14). The molecular formula is C7H9N5OS2. The van der Waals surface area contributed by atoms with E-state index in [1.807, 2.05) is 0 Å². The topological polar surface area (TPSA) is 79.6 Å². The second-order valence-electron chi connectivity index (χ2n) is 2.83. The minimum absolute atomic E-state index is 0.624. The number of anilines is 1. The third kappa shape index (κ3) is 2.83. The van der Waals surface area contributed by atoms with E-state index in [4.69, 9.17) is 16.7 Å². The number of nitrogens with one attached hydrogen (secondary N) is 2. The molecule has 0 radical (unpaired) electrons. The Bertz CT molecular complexity index is 487. The fourth-order valence-electron chi connectivity index (χ4n) is 1.02. The molecule has 2 N–H and O–H groups in total. The van der Waals surface area contributed by atoms with Gasteiger partial charge in [-0.25, -0.2) is 0 Å². The molecule has 6 nitrogen and oxygen atoms in total. The Kier molecular flexibility index (Phi) is 3.07. The first-order chi connectivity index (χ1) is 7.24. The minimum Gasteiger partial charge on any atom is -0.360 e. The highest BCUT2D eigenvalue weighted by atomic mass is 32.1. The molecule has 0 saturated heterocycles. The van der Waals surface area contributed by atoms with Gasteiger partial charge in [0.05, 0.1) is 0 Å². The van der Waals surface area contributed by atoms with Crippen molar-refractivity contribution in [3.63, 3.8) is 0 Å². The Morgan fingerprint density at radius 2 is 2.47 bits per heavy atom. The van der Waals surface area contributed by atoms with Crippen LogP contribution in [0.15, 0.2) is 4.52 Å². The lowest BCUT2D eigenvalue weighted by Crippen LogP contribution is -2.04. The summed E-state index contributed by atoms with van der Waals surface area (Å²) in [6, 6.07) is 0. The summed E-state index contributed by atoms with van der Waals surface area (Å²) in [6.07, 6.45) is 0.674. The minimum atomic E-state index is 0.624. The SMILES string of the molecule is Cc1noc(CCNc2n[nH]c(=S)s2)n1. The van der Waals surface area contributed by atoms with E-state index in [1.54, 1.807) is 6.92 Å². The van der Waals surface area contributed by atoms with Crippen molar-refractivity contribution in [1.82, 2.24) is 20.3 Å². The maximum Gasteiger partial charge on any atom is 0.228 e. The molecule has 2 aromatic rings. The first-order valence-electron chi connectivity index (χ1n) is 4.32. The lowest BCUT2D eigenvalue weighted by Gasteiger charge is -1.96. The number of rotatable bonds is 4. The van der Waals surface area contributed by atoms with Gasteiger partial charge in [-0.05, 0) is 19.1 Å². The molecule has 0 amide bonds. The van der Waals surface area contributed by atoms with Crippen LogP contribution in [0.2, 0.25) is 0 Å². The number of aryl methyl sites for hydroxylation is 1. The highest BCUT2D eigenvalue weighted by Gasteiger charge is 2.02. The Morgan fingerprint density at radius 3 is 3.07 bits per heavy atom. The molecule has 0 aromatic carbocycles. The first-order valence-corrected chi connectivity index (χ1v) is 5.55. The van der Waals surface area contributed by atoms with Gasteiger partial charge in [-0.15, -0.1) is 5.10 Å². The molecule has 0 spiro atoms. The van der Waals surface area contributed by atoms with Gasteiger partial charge in [0.2, 0.25) is 11.0 Å². The van der Waals surface area contributed by atoms with E-state index in [2.05, 4.69) is 25.7 Å². The van der Waals surface area contributed by atoms with Gasteiger partial charge in [-0.1, -0.05) is 16.5 Å². The number of nitrogens with zero attached hydrogens (tertiary/aromatic N) is 3. The average molecular weight is 243 g/mol. The molecule has 8 heteroatoms. The van der Waals surface area contributed by atoms with Crippen molar-refractivity contribution in [1.29, 1.82) is 0 Å². The van der Waals surface area contributed by atoms with Crippen LogP contribution in [0.25, 0.3) is 0 Å². The van der Waals surface area contributed by atoms with Gasteiger partial charge in [-0.2, -0.15) is 4.98 Å². The van der Waals surface area contributed by atoms with Gasteiger partial charge in [-0.3, -0.25) is 5.10 Å². The molecule has 0 bridgehead atoms. The van der Waals surface area contributed by atoms with E-state index in [0.29, 0.717) is 28.6 Å². The van der Waals surface area contributed by atoms with Gasteiger partial charge < -0.3 is 9.84 Å². The van der Waals surface area contributed by atoms with Gasteiger partial charge in [0.25, 0.3) is 0 Å². The Morgan fingerprint density at radius 1 is 1.60 bits per heavy atom. The molecule has 0 unspecified atom stereocenters. The van der Waals surface area contributed by atoms with Crippen molar-refractivity contribution in [2.24, 2.45) is 0 Å². The molecule has 15 heavy (non-hydrogen) atoms. The molecule has 0 atom stereocenters. The summed E-state index contributed by atoms with van der Waals surface area (Å²) in [6.45, 7) is 2.48. The summed E-state index contributed by atoms with van der Waals surface area (Å²) in [4.78, 5) is 4.08. The predicted octanol–water partition coefficient (Wildman–Crippen LogP) is 1.55. The van der Waals surface area contributed by atoms with Crippen LogP contribution in [-0.4, -0.2) is 26.9 Å². The molecule has 2 aromatic heterocycles. The van der Waals surface area contributed by atoms with Crippen molar-refractivity contribution in [3.8, 4) is 0 Å². The molecule has 0 aliphatic rings. The summed E-state index contributed by atoms with van der Waals surface area (Å²) in [5.41, 5.74) is 0. The largest absolute Gasteiger partial charge is 0.360 e. The zero-order valence-corrected chi connectivity index (χ0v) is 9.61. The second kappa shape index (κ2) is 4.49. The monoisotopic (exact) mass is 243 g/mol. The first kappa shape index (κ1) is 10.2. The highest BCUT2D eigenvalue weighted by molar-refractivity contribution is 7.73. The van der Waals surface area contributed by atoms with Crippen LogP contribution in [0.5, 0.6) is 0 Å². The maximum atomic E-state index is 4.96. The van der Waals surface area contributed by atoms with E-state index in [0.717, 1.165) is 5.13 Å². The summed E-state index contributed by atoms with van der Waals surface area (Å²) >= 11 is 6.30. The molecule has 0 fully saturated rings. The molecule has 2 rings (SSSR count). The van der Waals surface area contributed by atoms with Gasteiger partial charge >= 0.3 is 0 Å². The fraction of sp³-hybridized carbons (Fsp3) is 0.429. The Labute approximate surface area is 94.7 Å². The van der Waals surface area contributed by atoms with Gasteiger partial charge in [0.1, 0.15) is 0 Å². The van der Waals surface area contributed by atoms with E-state index in [-0.39, 0.29) is 0 Å². The summed E-state index contributed by atoms with van der Waals surface area (Å²) in [7, 11) is 0. The number of aromatic amines is 1. The van der Waals surface area contributed by atoms with E-state index >= 15 is 0 Å². The van der Waals surface area contributed by atoms with Crippen molar-refractivity contribution < 1.29 is 4.52 Å². The lowest BCUT2D eigenvalue weighted by atomic mass is 10.4. The van der Waals surface area contributed by atoms with Crippen LogP contribution >= 0.6 is 23.6 Å². The van der Waals surface area contributed by atoms with Crippen molar-refractivity contribution in [3.05, 3.63) is 15.7 Å². The zero-order chi connectivity index (χ0) is 10.7. The fourth-order valence-corrected chi connectivity index (χ4v) is 1.84. The number of hydrogen-bond donors (Lipinski definition) is 2. The Hall–Kier alpha value is -1.28. The molecule has 0 aliphatic carbocycles. The van der Waals surface area contributed by atoms with E-state index in [9.17, 15) is 0 Å². The molecular weight excluding hydrogens is 234 g/mol. The molecule has 0 aliphatic heterocycles. The van der Waals surface area contributed by atoms with Crippen LogP contribution in [-0.2, 0) is 6.42 Å². The lowest BCUT2D eigenvalue weighted by molar-refractivity contribution is 0.377. The third-order valence-electron chi connectivity index (χ3n) is 1.62. The van der Waals surface area contributed by atoms with Crippen LogP contribution < -0.4 is 5.32 Å². The normalized spacial score (nSPS) is 10.5. The number of aromatic nitrogens is 4. The third-order valence-corrected chi connectivity index (χ3v) is 2.67. The quantitative estimate of drug-likeness (QED) is 0.793. The van der Waals surface area contributed by atoms with Crippen LogP contribution in [0, 0.1) is 10.9 Å². The maximum absolute atomic E-state index is 4.96. The summed E-state index contributed by atoms with van der Waals surface area (Å²) in [5, 5.41) is 14.2. The summed E-state index contributed by atoms with van der Waals surface area (Å²) < 4.78 is 5.62. The number of hydrogen-bond acceptors (Lipinski definition) is 7. The second-order valence-corrected chi connectivity index (χ2v) is 4.50. The smallest absolute Gasteiger partial charge is 0.228 e. The van der Waals surface area contributed by atoms with Crippen molar-refractivity contribution in [2.45, 2.75) is 13.3 Å². The van der Waals surface area contributed by atoms with Gasteiger partial charge in [0, 0.05) is 13.0 Å².